The van der Waals surface area contributed by atoms with Crippen molar-refractivity contribution in [1.82, 2.24) is 0 Å². The molecular formula is C37H44Br2. The Morgan fingerprint density at radius 3 is 1.26 bits per heavy atom. The van der Waals surface area contributed by atoms with Crippen molar-refractivity contribution >= 4 is 53.4 Å². The molecule has 1 aliphatic carbocycles. The van der Waals surface area contributed by atoms with Gasteiger partial charge < -0.3 is 0 Å². The van der Waals surface area contributed by atoms with Crippen LogP contribution in [0.25, 0.3) is 32.7 Å². The first kappa shape index (κ1) is 28.9. The van der Waals surface area contributed by atoms with E-state index in [0.29, 0.717) is 0 Å². The first-order chi connectivity index (χ1) is 19.1. The van der Waals surface area contributed by atoms with Gasteiger partial charge in [-0.25, -0.2) is 0 Å². The van der Waals surface area contributed by atoms with E-state index in [4.69, 9.17) is 0 Å². The Labute approximate surface area is 253 Å². The van der Waals surface area contributed by atoms with Crippen LogP contribution in [0.3, 0.4) is 0 Å². The smallest absolute Gasteiger partial charge is 0.0257 e. The maximum Gasteiger partial charge on any atom is 0.0257 e. The third-order valence-corrected chi connectivity index (χ3v) is 10.5. The molecule has 0 unspecified atom stereocenters. The summed E-state index contributed by atoms with van der Waals surface area (Å²) in [4.78, 5) is 0. The molecule has 0 aromatic heterocycles. The lowest BCUT2D eigenvalue weighted by molar-refractivity contribution is 0.398. The minimum atomic E-state index is 0.0687. The summed E-state index contributed by atoms with van der Waals surface area (Å²) in [6.45, 7) is 4.62. The van der Waals surface area contributed by atoms with E-state index < -0.39 is 0 Å². The van der Waals surface area contributed by atoms with Gasteiger partial charge in [0.15, 0.2) is 0 Å². The molecule has 0 nitrogen and oxygen atoms in total. The second-order valence-electron chi connectivity index (χ2n) is 11.8. The van der Waals surface area contributed by atoms with Crippen molar-refractivity contribution in [2.24, 2.45) is 0 Å². The number of fused-ring (bicyclic) bond motifs is 7. The molecule has 5 rings (SSSR count). The molecule has 0 atom stereocenters. The van der Waals surface area contributed by atoms with Crippen molar-refractivity contribution in [3.8, 4) is 11.1 Å². The average Bonchev–Trinajstić information content (AvgIpc) is 3.22. The maximum atomic E-state index is 4.02. The summed E-state index contributed by atoms with van der Waals surface area (Å²) in [7, 11) is 0. The summed E-state index contributed by atoms with van der Waals surface area (Å²) in [5.74, 6) is 0. The Balaban J connectivity index is 1.66. The van der Waals surface area contributed by atoms with Crippen LogP contribution in [-0.4, -0.2) is 0 Å². The number of halogens is 2. The lowest BCUT2D eigenvalue weighted by atomic mass is 9.70. The van der Waals surface area contributed by atoms with Gasteiger partial charge in [-0.2, -0.15) is 0 Å². The Hall–Kier alpha value is -1.64. The van der Waals surface area contributed by atoms with Gasteiger partial charge in [0.25, 0.3) is 0 Å². The predicted octanol–water partition coefficient (Wildman–Crippen LogP) is 13.3. The molecule has 0 radical (unpaired) electrons. The van der Waals surface area contributed by atoms with Crippen LogP contribution in [0.1, 0.15) is 115 Å². The zero-order valence-electron chi connectivity index (χ0n) is 23.9. The van der Waals surface area contributed by atoms with Crippen LogP contribution in [0, 0.1) is 0 Å². The Morgan fingerprint density at radius 1 is 0.487 bits per heavy atom. The van der Waals surface area contributed by atoms with Gasteiger partial charge in [-0.3, -0.25) is 0 Å². The van der Waals surface area contributed by atoms with Gasteiger partial charge in [0, 0.05) is 14.4 Å². The number of unbranched alkanes of at least 4 members (excludes halogenated alkanes) is 10. The standard InChI is InChI=1S/C37H44Br2/c1-3-5-7-9-11-17-23-37(24-18-12-10-8-6-4-2)31-25-33(38)27-19-13-15-21-29(27)35(31)36-30-22-16-14-20-28(30)34(39)26-32(36)37/h13-16,19-22,25-26H,3-12,17-18,23-24H2,1-2H3. The van der Waals surface area contributed by atoms with Crippen LogP contribution in [0.4, 0.5) is 0 Å². The first-order valence-corrected chi connectivity index (χ1v) is 17.1. The minimum absolute atomic E-state index is 0.0687. The fourth-order valence-electron chi connectivity index (χ4n) is 7.18. The van der Waals surface area contributed by atoms with Crippen molar-refractivity contribution in [2.45, 2.75) is 109 Å². The molecule has 206 valence electrons. The molecule has 0 heterocycles. The van der Waals surface area contributed by atoms with E-state index in [1.807, 2.05) is 0 Å². The predicted molar refractivity (Wildman–Crippen MR) is 179 cm³/mol. The summed E-state index contributed by atoms with van der Waals surface area (Å²) in [6.07, 6.45) is 18.6. The summed E-state index contributed by atoms with van der Waals surface area (Å²) in [5, 5.41) is 5.43. The second kappa shape index (κ2) is 13.3. The van der Waals surface area contributed by atoms with E-state index in [9.17, 15) is 0 Å². The van der Waals surface area contributed by atoms with Crippen molar-refractivity contribution in [3.05, 3.63) is 80.7 Å². The largest absolute Gasteiger partial charge is 0.0654 e. The monoisotopic (exact) mass is 646 g/mol. The second-order valence-corrected chi connectivity index (χ2v) is 13.5. The summed E-state index contributed by atoms with van der Waals surface area (Å²) in [6, 6.07) is 23.1. The van der Waals surface area contributed by atoms with E-state index in [1.54, 1.807) is 11.1 Å². The molecule has 0 saturated carbocycles. The summed E-state index contributed by atoms with van der Waals surface area (Å²) >= 11 is 8.04. The van der Waals surface area contributed by atoms with Crippen LogP contribution in [0.5, 0.6) is 0 Å². The number of hydrogen-bond donors (Lipinski definition) is 0. The van der Waals surface area contributed by atoms with Gasteiger partial charge in [0.2, 0.25) is 0 Å². The molecule has 0 bridgehead atoms. The van der Waals surface area contributed by atoms with Crippen molar-refractivity contribution in [1.29, 1.82) is 0 Å². The van der Waals surface area contributed by atoms with Crippen molar-refractivity contribution < 1.29 is 0 Å². The highest BCUT2D eigenvalue weighted by atomic mass is 79.9. The Kier molecular flexibility index (Phi) is 9.88. The van der Waals surface area contributed by atoms with E-state index in [-0.39, 0.29) is 5.41 Å². The van der Waals surface area contributed by atoms with Gasteiger partial charge >= 0.3 is 0 Å². The maximum absolute atomic E-state index is 4.02. The molecule has 0 saturated heterocycles. The summed E-state index contributed by atoms with van der Waals surface area (Å²) in [5.41, 5.74) is 6.18. The quantitative estimate of drug-likeness (QED) is 0.119. The highest BCUT2D eigenvalue weighted by molar-refractivity contribution is 9.11. The van der Waals surface area contributed by atoms with Gasteiger partial charge in [-0.05, 0) is 68.8 Å². The van der Waals surface area contributed by atoms with Crippen LogP contribution in [0.2, 0.25) is 0 Å². The minimum Gasteiger partial charge on any atom is -0.0654 e. The van der Waals surface area contributed by atoms with Gasteiger partial charge in [-0.15, -0.1) is 0 Å². The molecule has 39 heavy (non-hydrogen) atoms. The van der Waals surface area contributed by atoms with Gasteiger partial charge in [-0.1, -0.05) is 171 Å². The third-order valence-electron chi connectivity index (χ3n) is 9.18. The molecule has 4 aromatic rings. The zero-order valence-corrected chi connectivity index (χ0v) is 27.1. The van der Waals surface area contributed by atoms with E-state index in [1.165, 1.54) is 132 Å². The Bertz CT molecular complexity index is 1310. The lowest BCUT2D eigenvalue weighted by Gasteiger charge is -2.33. The molecule has 1 aliphatic rings. The first-order valence-electron chi connectivity index (χ1n) is 15.6. The molecule has 0 spiro atoms. The fraction of sp³-hybridized carbons (Fsp3) is 0.459. The van der Waals surface area contributed by atoms with Crippen LogP contribution in [0.15, 0.2) is 69.6 Å². The SMILES string of the molecule is CCCCCCCCC1(CCCCCCCC)c2cc(Br)c3ccccc3c2-c2c1cc(Br)c1ccccc21. The zero-order chi connectivity index (χ0) is 27.2. The van der Waals surface area contributed by atoms with Crippen LogP contribution < -0.4 is 0 Å². The topological polar surface area (TPSA) is 0 Å². The van der Waals surface area contributed by atoms with E-state index in [2.05, 4.69) is 106 Å². The lowest BCUT2D eigenvalue weighted by Crippen LogP contribution is -2.25. The molecule has 0 N–H and O–H groups in total. The van der Waals surface area contributed by atoms with E-state index >= 15 is 0 Å². The molecule has 0 fully saturated rings. The third kappa shape index (κ3) is 5.76. The number of hydrogen-bond acceptors (Lipinski definition) is 0. The molecule has 0 amide bonds. The molecule has 4 aromatic carbocycles. The van der Waals surface area contributed by atoms with Crippen LogP contribution in [-0.2, 0) is 5.41 Å². The molecule has 0 aliphatic heterocycles. The number of benzene rings is 4. The molecular weight excluding hydrogens is 604 g/mol. The normalized spacial score (nSPS) is 13.7. The van der Waals surface area contributed by atoms with Crippen molar-refractivity contribution in [3.63, 3.8) is 0 Å². The average molecular weight is 649 g/mol. The van der Waals surface area contributed by atoms with Gasteiger partial charge in [0.05, 0.1) is 0 Å². The van der Waals surface area contributed by atoms with E-state index in [0.717, 1.165) is 0 Å². The van der Waals surface area contributed by atoms with Crippen LogP contribution >= 0.6 is 31.9 Å². The Morgan fingerprint density at radius 2 is 0.846 bits per heavy atom. The van der Waals surface area contributed by atoms with Crippen molar-refractivity contribution in [2.75, 3.05) is 0 Å². The fourth-order valence-corrected chi connectivity index (χ4v) is 8.33. The number of rotatable bonds is 14. The summed E-state index contributed by atoms with van der Waals surface area (Å²) < 4.78 is 2.48. The van der Waals surface area contributed by atoms with Gasteiger partial charge in [0.1, 0.15) is 0 Å². The molecule has 2 heteroatoms. The highest BCUT2D eigenvalue weighted by Gasteiger charge is 2.44. The highest BCUT2D eigenvalue weighted by Crippen LogP contribution is 2.59.